The van der Waals surface area contributed by atoms with Crippen LogP contribution in [0.5, 0.6) is 0 Å². The van der Waals surface area contributed by atoms with Gasteiger partial charge in [-0.2, -0.15) is 0 Å². The van der Waals surface area contributed by atoms with Crippen molar-refractivity contribution in [3.05, 3.63) is 89.0 Å². The highest BCUT2D eigenvalue weighted by Gasteiger charge is 2.46. The molecule has 3 aromatic heterocycles. The molecule has 2 N–H and O–H groups in total. The molecule has 276 valence electrons. The summed E-state index contributed by atoms with van der Waals surface area (Å²) in [5.41, 5.74) is 3.12. The normalized spacial score (nSPS) is 17.9. The minimum absolute atomic E-state index is 0.0209. The predicted molar refractivity (Wildman–Crippen MR) is 194 cm³/mol. The quantitative estimate of drug-likeness (QED) is 0.216. The number of anilines is 3. The van der Waals surface area contributed by atoms with Crippen molar-refractivity contribution in [2.45, 2.75) is 52.2 Å². The Kier molecular flexibility index (Phi) is 8.84. The fourth-order valence-corrected chi connectivity index (χ4v) is 7.56. The van der Waals surface area contributed by atoms with Crippen LogP contribution >= 0.6 is 0 Å². The maximum absolute atomic E-state index is 15.1. The number of benzene rings is 2. The van der Waals surface area contributed by atoms with Crippen LogP contribution in [0.2, 0.25) is 0 Å². The van der Waals surface area contributed by atoms with Crippen LogP contribution in [0.4, 0.5) is 26.2 Å². The van der Waals surface area contributed by atoms with Gasteiger partial charge in [-0.3, -0.25) is 34.3 Å². The van der Waals surface area contributed by atoms with Crippen molar-refractivity contribution in [3.8, 4) is 11.3 Å². The molecule has 4 amide bonds. The molecule has 0 bridgehead atoms. The van der Waals surface area contributed by atoms with Gasteiger partial charge in [0.1, 0.15) is 28.9 Å². The number of imide groups is 2. The van der Waals surface area contributed by atoms with Crippen LogP contribution in [0.1, 0.15) is 64.8 Å². The van der Waals surface area contributed by atoms with Crippen LogP contribution in [0, 0.1) is 18.6 Å². The number of imidazole rings is 1. The zero-order valence-electron chi connectivity index (χ0n) is 29.8. The molecule has 5 aromatic rings. The number of hydrogen-bond acceptors (Lipinski definition) is 11. The number of nitrogens with one attached hydrogen (secondary N) is 2. The number of piperazine rings is 1. The number of aromatic nitrogens is 5. The highest BCUT2D eigenvalue weighted by atomic mass is 19.1. The third kappa shape index (κ3) is 6.21. The lowest BCUT2D eigenvalue weighted by Crippen LogP contribution is -2.54. The summed E-state index contributed by atoms with van der Waals surface area (Å²) in [5, 5.41) is 5.25. The average Bonchev–Trinajstić information content (AvgIpc) is 3.62. The number of rotatable bonds is 8. The summed E-state index contributed by atoms with van der Waals surface area (Å²) in [5.74, 6) is -2.16. The first-order chi connectivity index (χ1) is 26.0. The van der Waals surface area contributed by atoms with E-state index >= 15 is 8.78 Å². The zero-order chi connectivity index (χ0) is 37.8. The lowest BCUT2D eigenvalue weighted by atomic mass is 10.0. The van der Waals surface area contributed by atoms with Crippen molar-refractivity contribution in [1.29, 1.82) is 0 Å². The molecule has 14 nitrogen and oxygen atoms in total. The lowest BCUT2D eigenvalue weighted by molar-refractivity contribution is -0.136. The number of aryl methyl sites for hydroxylation is 1. The Morgan fingerprint density at radius 3 is 2.44 bits per heavy atom. The number of piperidine rings is 1. The summed E-state index contributed by atoms with van der Waals surface area (Å²) >= 11 is 0. The first kappa shape index (κ1) is 34.9. The van der Waals surface area contributed by atoms with Crippen LogP contribution in [0.15, 0.2) is 54.9 Å². The van der Waals surface area contributed by atoms with Crippen molar-refractivity contribution >= 4 is 52.1 Å². The van der Waals surface area contributed by atoms with Gasteiger partial charge in [0.25, 0.3) is 11.8 Å². The highest BCUT2D eigenvalue weighted by molar-refractivity contribution is 6.25. The van der Waals surface area contributed by atoms with Crippen molar-refractivity contribution < 1.29 is 28.0 Å². The molecule has 8 rings (SSSR count). The fourth-order valence-electron chi connectivity index (χ4n) is 7.56. The summed E-state index contributed by atoms with van der Waals surface area (Å²) in [7, 11) is 0. The van der Waals surface area contributed by atoms with Gasteiger partial charge in [-0.05, 0) is 63.1 Å². The Balaban J connectivity index is 0.912. The molecular weight excluding hydrogens is 698 g/mol. The van der Waals surface area contributed by atoms with Crippen LogP contribution in [0.25, 0.3) is 22.3 Å². The van der Waals surface area contributed by atoms with Crippen molar-refractivity contribution in [2.75, 3.05) is 36.4 Å². The molecule has 3 aliphatic heterocycles. The number of amides is 4. The number of carbonyl (C=O) groups excluding carboxylic acids is 4. The van der Waals surface area contributed by atoms with Crippen molar-refractivity contribution in [3.63, 3.8) is 0 Å². The van der Waals surface area contributed by atoms with E-state index in [9.17, 15) is 19.2 Å². The second kappa shape index (κ2) is 13.7. The van der Waals surface area contributed by atoms with Gasteiger partial charge in [0.05, 0.1) is 28.5 Å². The van der Waals surface area contributed by atoms with Gasteiger partial charge in [0.2, 0.25) is 17.8 Å². The second-order valence-electron chi connectivity index (χ2n) is 13.9. The third-order valence-corrected chi connectivity index (χ3v) is 10.1. The molecule has 2 saturated heterocycles. The number of carbonyl (C=O) groups is 4. The number of nitrogens with zero attached hydrogens (tertiary/aromatic N) is 8. The molecule has 2 aromatic carbocycles. The topological polar surface area (TPSA) is 159 Å². The van der Waals surface area contributed by atoms with E-state index in [0.29, 0.717) is 55.6 Å². The molecule has 1 unspecified atom stereocenters. The minimum Gasteiger partial charge on any atom is -0.368 e. The number of hydrogen-bond donors (Lipinski definition) is 2. The predicted octanol–water partition coefficient (Wildman–Crippen LogP) is 4.52. The first-order valence-electron chi connectivity index (χ1n) is 17.7. The number of fused-ring (bicyclic) bond motifs is 2. The molecule has 0 radical (unpaired) electrons. The largest absolute Gasteiger partial charge is 0.368 e. The van der Waals surface area contributed by atoms with Gasteiger partial charge in [-0.1, -0.05) is 12.1 Å². The molecule has 3 aliphatic rings. The fraction of sp³-hybridized carbons (Fsp3) is 0.316. The number of pyridine rings is 1. The molecule has 0 spiro atoms. The average molecular weight is 735 g/mol. The molecular formula is C38H36F2N10O4. The van der Waals surface area contributed by atoms with E-state index in [-0.39, 0.29) is 52.7 Å². The van der Waals surface area contributed by atoms with E-state index in [1.165, 1.54) is 6.07 Å². The van der Waals surface area contributed by atoms with Gasteiger partial charge in [0.15, 0.2) is 11.6 Å². The monoisotopic (exact) mass is 734 g/mol. The molecule has 0 aliphatic carbocycles. The van der Waals surface area contributed by atoms with E-state index in [1.807, 2.05) is 30.5 Å². The lowest BCUT2D eigenvalue weighted by Gasteiger charge is -2.36. The second-order valence-corrected chi connectivity index (χ2v) is 13.9. The van der Waals surface area contributed by atoms with Crippen LogP contribution in [-0.4, -0.2) is 90.2 Å². The van der Waals surface area contributed by atoms with Gasteiger partial charge in [0, 0.05) is 56.9 Å². The molecule has 0 saturated carbocycles. The molecule has 1 atom stereocenters. The van der Waals surface area contributed by atoms with Gasteiger partial charge in [-0.15, -0.1) is 0 Å². The van der Waals surface area contributed by atoms with Crippen LogP contribution in [0.3, 0.4) is 0 Å². The third-order valence-electron chi connectivity index (χ3n) is 10.1. The molecule has 54 heavy (non-hydrogen) atoms. The van der Waals surface area contributed by atoms with Crippen LogP contribution < -0.4 is 15.5 Å². The molecule has 2 fully saturated rings. The van der Waals surface area contributed by atoms with E-state index in [4.69, 9.17) is 0 Å². The van der Waals surface area contributed by atoms with Crippen LogP contribution in [-0.2, 0) is 16.1 Å². The summed E-state index contributed by atoms with van der Waals surface area (Å²) in [6, 6.07) is 10.8. The Morgan fingerprint density at radius 2 is 1.72 bits per heavy atom. The standard InChI is InChI=1S/C38H36F2N10O4/c1-20(2)49-21(3)43-34-25(39)15-23(16-29(34)49)33-26(40)18-42-38(46-33)44-30-9-7-22(17-41-30)19-47-11-13-48(14-12-47)27-6-4-5-24-32(27)37(54)50(36(24)53)28-8-10-31(51)45-35(28)52/h4-7,9,15-18,20,28H,8,10-14,19H2,1-3H3,(H,45,51,52)(H,41,42,44,46). The van der Waals surface area contributed by atoms with Gasteiger partial charge in [-0.25, -0.2) is 28.7 Å². The maximum Gasteiger partial charge on any atom is 0.264 e. The Hall–Kier alpha value is -6.16. The number of halogens is 2. The smallest absolute Gasteiger partial charge is 0.264 e. The zero-order valence-corrected chi connectivity index (χ0v) is 29.8. The van der Waals surface area contributed by atoms with Crippen molar-refractivity contribution in [2.24, 2.45) is 0 Å². The Bertz CT molecular complexity index is 2350. The first-order valence-corrected chi connectivity index (χ1v) is 17.7. The Morgan fingerprint density at radius 1 is 0.926 bits per heavy atom. The summed E-state index contributed by atoms with van der Waals surface area (Å²) in [4.78, 5) is 73.7. The molecule has 6 heterocycles. The minimum atomic E-state index is -1.02. The SMILES string of the molecule is Cc1nc2c(F)cc(-c3nc(Nc4ccc(CN5CCN(c6cccc7c6C(=O)N(C6CCC(=O)NC6=O)C7=O)CC5)cn4)ncc3F)cc2n1C(C)C. The van der Waals surface area contributed by atoms with E-state index in [0.717, 1.165) is 16.7 Å². The van der Waals surface area contributed by atoms with E-state index < -0.39 is 41.3 Å². The highest BCUT2D eigenvalue weighted by Crippen LogP contribution is 2.35. The van der Waals surface area contributed by atoms with E-state index in [1.54, 1.807) is 37.4 Å². The Labute approximate surface area is 308 Å². The summed E-state index contributed by atoms with van der Waals surface area (Å²) in [6.45, 7) is 8.92. The van der Waals surface area contributed by atoms with Gasteiger partial charge >= 0.3 is 0 Å². The summed E-state index contributed by atoms with van der Waals surface area (Å²) < 4.78 is 32.0. The molecule has 16 heteroatoms. The van der Waals surface area contributed by atoms with Crippen molar-refractivity contribution in [1.82, 2.24) is 39.6 Å². The summed E-state index contributed by atoms with van der Waals surface area (Å²) in [6.07, 6.45) is 2.93. The van der Waals surface area contributed by atoms with Gasteiger partial charge < -0.3 is 14.8 Å². The van der Waals surface area contributed by atoms with E-state index in [2.05, 4.69) is 40.4 Å². The maximum atomic E-state index is 15.1.